The van der Waals surface area contributed by atoms with Gasteiger partial charge in [-0.2, -0.15) is 0 Å². The van der Waals surface area contributed by atoms with Crippen LogP contribution in [0.25, 0.3) is 0 Å². The van der Waals surface area contributed by atoms with Crippen molar-refractivity contribution in [3.8, 4) is 5.75 Å². The van der Waals surface area contributed by atoms with E-state index < -0.39 is 16.2 Å². The number of alkyl halides is 3. The van der Waals surface area contributed by atoms with Gasteiger partial charge >= 0.3 is 6.36 Å². The molecule has 0 radical (unpaired) electrons. The SMILES string of the molecule is CC(CN)CS(=O)(=O)Cc1ccc(OC(F)(F)F)cc1. The van der Waals surface area contributed by atoms with Crippen LogP contribution in [-0.2, 0) is 15.6 Å². The Bertz CT molecular complexity index is 526. The zero-order chi connectivity index (χ0) is 15.4. The molecule has 1 unspecified atom stereocenters. The van der Waals surface area contributed by atoms with Gasteiger partial charge in [0.25, 0.3) is 0 Å². The highest BCUT2D eigenvalue weighted by atomic mass is 32.2. The lowest BCUT2D eigenvalue weighted by molar-refractivity contribution is -0.274. The summed E-state index contributed by atoms with van der Waals surface area (Å²) in [5.74, 6) is -0.824. The van der Waals surface area contributed by atoms with Crippen molar-refractivity contribution in [3.05, 3.63) is 29.8 Å². The van der Waals surface area contributed by atoms with Crippen molar-refractivity contribution in [2.75, 3.05) is 12.3 Å². The van der Waals surface area contributed by atoms with E-state index in [4.69, 9.17) is 5.73 Å². The maximum Gasteiger partial charge on any atom is 0.573 e. The minimum absolute atomic E-state index is 0.0513. The second kappa shape index (κ2) is 6.45. The lowest BCUT2D eigenvalue weighted by Gasteiger charge is -2.11. The molecular weight excluding hydrogens is 295 g/mol. The zero-order valence-corrected chi connectivity index (χ0v) is 11.7. The van der Waals surface area contributed by atoms with Gasteiger partial charge in [0, 0.05) is 0 Å². The van der Waals surface area contributed by atoms with Crippen molar-refractivity contribution in [2.24, 2.45) is 11.7 Å². The Hall–Kier alpha value is -1.28. The van der Waals surface area contributed by atoms with E-state index in [0.717, 1.165) is 12.1 Å². The van der Waals surface area contributed by atoms with E-state index in [1.807, 2.05) is 0 Å². The maximum absolute atomic E-state index is 12.0. The number of rotatable bonds is 6. The molecule has 0 spiro atoms. The van der Waals surface area contributed by atoms with Gasteiger partial charge in [-0.3, -0.25) is 0 Å². The van der Waals surface area contributed by atoms with Gasteiger partial charge in [0.1, 0.15) is 5.75 Å². The van der Waals surface area contributed by atoms with E-state index in [0.29, 0.717) is 5.56 Å². The van der Waals surface area contributed by atoms with Crippen LogP contribution in [-0.4, -0.2) is 27.1 Å². The number of ether oxygens (including phenoxy) is 1. The first-order valence-electron chi connectivity index (χ1n) is 5.86. The maximum atomic E-state index is 12.0. The summed E-state index contributed by atoms with van der Waals surface area (Å²) in [6, 6.07) is 4.77. The second-order valence-electron chi connectivity index (χ2n) is 4.59. The minimum Gasteiger partial charge on any atom is -0.406 e. The molecule has 0 amide bonds. The van der Waals surface area contributed by atoms with Crippen LogP contribution in [0.2, 0.25) is 0 Å². The molecule has 0 bridgehead atoms. The fourth-order valence-electron chi connectivity index (χ4n) is 1.60. The highest BCUT2D eigenvalue weighted by Crippen LogP contribution is 2.23. The number of nitrogens with two attached hydrogens (primary N) is 1. The third-order valence-electron chi connectivity index (χ3n) is 2.48. The van der Waals surface area contributed by atoms with Crippen molar-refractivity contribution < 1.29 is 26.3 Å². The Morgan fingerprint density at radius 2 is 1.80 bits per heavy atom. The third-order valence-corrected chi connectivity index (χ3v) is 4.33. The second-order valence-corrected chi connectivity index (χ2v) is 6.70. The topological polar surface area (TPSA) is 69.4 Å². The number of hydrogen-bond donors (Lipinski definition) is 1. The fraction of sp³-hybridized carbons (Fsp3) is 0.500. The van der Waals surface area contributed by atoms with Crippen LogP contribution in [0.3, 0.4) is 0 Å². The van der Waals surface area contributed by atoms with Crippen LogP contribution >= 0.6 is 0 Å². The summed E-state index contributed by atoms with van der Waals surface area (Å²) >= 11 is 0. The third kappa shape index (κ3) is 6.25. The molecule has 0 aliphatic heterocycles. The molecule has 0 aliphatic rings. The van der Waals surface area contributed by atoms with Crippen molar-refractivity contribution in [2.45, 2.75) is 19.0 Å². The van der Waals surface area contributed by atoms with Gasteiger partial charge in [0.15, 0.2) is 9.84 Å². The van der Waals surface area contributed by atoms with E-state index in [2.05, 4.69) is 4.74 Å². The van der Waals surface area contributed by atoms with Crippen LogP contribution in [0.15, 0.2) is 24.3 Å². The molecule has 0 saturated heterocycles. The molecule has 0 aromatic heterocycles. The van der Waals surface area contributed by atoms with E-state index in [9.17, 15) is 21.6 Å². The zero-order valence-electron chi connectivity index (χ0n) is 10.9. The van der Waals surface area contributed by atoms with Gasteiger partial charge < -0.3 is 10.5 Å². The molecule has 1 aromatic carbocycles. The highest BCUT2D eigenvalue weighted by Gasteiger charge is 2.31. The van der Waals surface area contributed by atoms with Gasteiger partial charge in [-0.05, 0) is 30.2 Å². The average molecular weight is 311 g/mol. The molecule has 8 heteroatoms. The molecule has 114 valence electrons. The number of sulfone groups is 1. The molecule has 0 saturated carbocycles. The highest BCUT2D eigenvalue weighted by molar-refractivity contribution is 7.90. The van der Waals surface area contributed by atoms with Crippen molar-refractivity contribution >= 4 is 9.84 Å². The average Bonchev–Trinajstić information content (AvgIpc) is 2.28. The number of benzene rings is 1. The lowest BCUT2D eigenvalue weighted by atomic mass is 10.2. The van der Waals surface area contributed by atoms with E-state index in [1.165, 1.54) is 12.1 Å². The van der Waals surface area contributed by atoms with Crippen LogP contribution in [0.1, 0.15) is 12.5 Å². The fourth-order valence-corrected chi connectivity index (χ4v) is 3.42. The standard InChI is InChI=1S/C12H16F3NO3S/c1-9(6-16)7-20(17,18)8-10-2-4-11(5-3-10)19-12(13,14)15/h2-5,9H,6-8,16H2,1H3. The minimum atomic E-state index is -4.76. The first-order chi connectivity index (χ1) is 9.11. The summed E-state index contributed by atoms with van der Waals surface area (Å²) in [7, 11) is -3.34. The van der Waals surface area contributed by atoms with Crippen LogP contribution in [0.4, 0.5) is 13.2 Å². The predicted octanol–water partition coefficient (Wildman–Crippen LogP) is 2.09. The first-order valence-corrected chi connectivity index (χ1v) is 7.68. The monoisotopic (exact) mass is 311 g/mol. The Kier molecular flexibility index (Phi) is 5.41. The Labute approximate surface area is 115 Å². The molecule has 1 rings (SSSR count). The molecular formula is C12H16F3NO3S. The molecule has 2 N–H and O–H groups in total. The normalized spacial score (nSPS) is 14.1. The quantitative estimate of drug-likeness (QED) is 0.873. The predicted molar refractivity (Wildman–Crippen MR) is 68.8 cm³/mol. The van der Waals surface area contributed by atoms with Crippen LogP contribution < -0.4 is 10.5 Å². The molecule has 1 atom stereocenters. The molecule has 4 nitrogen and oxygen atoms in total. The van der Waals surface area contributed by atoms with E-state index in [1.54, 1.807) is 6.92 Å². The van der Waals surface area contributed by atoms with Crippen molar-refractivity contribution in [1.82, 2.24) is 0 Å². The Morgan fingerprint density at radius 1 is 1.25 bits per heavy atom. The van der Waals surface area contributed by atoms with Crippen molar-refractivity contribution in [3.63, 3.8) is 0 Å². The molecule has 0 fully saturated rings. The molecule has 0 aliphatic carbocycles. The van der Waals surface area contributed by atoms with Crippen molar-refractivity contribution in [1.29, 1.82) is 0 Å². The van der Waals surface area contributed by atoms with E-state index in [-0.39, 0.29) is 29.7 Å². The van der Waals surface area contributed by atoms with Crippen LogP contribution in [0.5, 0.6) is 5.75 Å². The number of halogens is 3. The van der Waals surface area contributed by atoms with E-state index >= 15 is 0 Å². The van der Waals surface area contributed by atoms with Gasteiger partial charge in [-0.15, -0.1) is 13.2 Å². The molecule has 0 heterocycles. The summed E-state index contributed by atoms with van der Waals surface area (Å²) in [4.78, 5) is 0. The Morgan fingerprint density at radius 3 is 2.25 bits per heavy atom. The largest absolute Gasteiger partial charge is 0.573 e. The molecule has 20 heavy (non-hydrogen) atoms. The summed E-state index contributed by atoms with van der Waals surface area (Å²) < 4.78 is 63.2. The van der Waals surface area contributed by atoms with Gasteiger partial charge in [-0.25, -0.2) is 8.42 Å². The smallest absolute Gasteiger partial charge is 0.406 e. The van der Waals surface area contributed by atoms with Gasteiger partial charge in [0.05, 0.1) is 11.5 Å². The Balaban J connectivity index is 2.70. The summed E-state index contributed by atoms with van der Waals surface area (Å²) in [6.07, 6.45) is -4.76. The summed E-state index contributed by atoms with van der Waals surface area (Å²) in [6.45, 7) is 1.98. The van der Waals surface area contributed by atoms with Crippen LogP contribution in [0, 0.1) is 5.92 Å². The lowest BCUT2D eigenvalue weighted by Crippen LogP contribution is -2.22. The summed E-state index contributed by atoms with van der Waals surface area (Å²) in [5.41, 5.74) is 5.77. The van der Waals surface area contributed by atoms with Gasteiger partial charge in [0.2, 0.25) is 0 Å². The number of hydrogen-bond acceptors (Lipinski definition) is 4. The first kappa shape index (κ1) is 16.8. The van der Waals surface area contributed by atoms with Gasteiger partial charge in [-0.1, -0.05) is 19.1 Å². The summed E-state index contributed by atoms with van der Waals surface area (Å²) in [5, 5.41) is 0. The molecule has 1 aromatic rings.